The van der Waals surface area contributed by atoms with Crippen molar-refractivity contribution in [1.82, 2.24) is 0 Å². The number of benzene rings is 1. The van der Waals surface area contributed by atoms with E-state index in [4.69, 9.17) is 4.55 Å². The van der Waals surface area contributed by atoms with E-state index >= 15 is 0 Å². The van der Waals surface area contributed by atoms with Crippen molar-refractivity contribution in [2.75, 3.05) is 0 Å². The van der Waals surface area contributed by atoms with Gasteiger partial charge in [-0.05, 0) is 12.1 Å². The quantitative estimate of drug-likeness (QED) is 0.704. The lowest BCUT2D eigenvalue weighted by atomic mass is 10.2. The molecular formula is C8H8O4S. The number of hydrogen-bond donors (Lipinski definition) is 2. The Bertz CT molecular complexity index is 420. The van der Waals surface area contributed by atoms with Crippen molar-refractivity contribution in [1.29, 1.82) is 0 Å². The van der Waals surface area contributed by atoms with Crippen LogP contribution in [0.1, 0.15) is 5.56 Å². The molecule has 0 aromatic heterocycles. The van der Waals surface area contributed by atoms with Gasteiger partial charge in [-0.3, -0.25) is 4.55 Å². The van der Waals surface area contributed by atoms with Gasteiger partial charge in [0, 0.05) is 5.56 Å². The molecule has 5 heteroatoms. The third-order valence-electron chi connectivity index (χ3n) is 1.36. The van der Waals surface area contributed by atoms with Gasteiger partial charge < -0.3 is 5.11 Å². The summed E-state index contributed by atoms with van der Waals surface area (Å²) in [4.78, 5) is 0. The predicted octanol–water partition coefficient (Wildman–Crippen LogP) is 1.25. The molecule has 0 aliphatic heterocycles. The van der Waals surface area contributed by atoms with Crippen molar-refractivity contribution in [2.45, 2.75) is 0 Å². The van der Waals surface area contributed by atoms with Gasteiger partial charge in [0.05, 0.1) is 5.41 Å². The minimum atomic E-state index is -4.13. The Hall–Kier alpha value is -1.33. The van der Waals surface area contributed by atoms with Crippen LogP contribution in [-0.4, -0.2) is 18.1 Å². The van der Waals surface area contributed by atoms with Gasteiger partial charge in [-0.2, -0.15) is 8.42 Å². The molecule has 0 heterocycles. The fraction of sp³-hybridized carbons (Fsp3) is 0. The van der Waals surface area contributed by atoms with Gasteiger partial charge in [0.15, 0.2) is 0 Å². The van der Waals surface area contributed by atoms with Crippen LogP contribution >= 0.6 is 0 Å². The van der Waals surface area contributed by atoms with E-state index in [1.54, 1.807) is 12.1 Å². The van der Waals surface area contributed by atoms with E-state index in [1.165, 1.54) is 12.1 Å². The van der Waals surface area contributed by atoms with Gasteiger partial charge in [-0.15, -0.1) is 0 Å². The Labute approximate surface area is 75.9 Å². The van der Waals surface area contributed by atoms with Gasteiger partial charge in [0.25, 0.3) is 10.1 Å². The summed E-state index contributed by atoms with van der Waals surface area (Å²) in [5, 5.41) is 9.79. The number of phenols is 1. The van der Waals surface area contributed by atoms with Gasteiger partial charge in [0.2, 0.25) is 0 Å². The second-order valence-corrected chi connectivity index (χ2v) is 3.68. The standard InChI is InChI=1S/C8H8O4S/c9-8-4-2-1-3-7(8)5-6-13(10,11)12/h1-6,9H,(H,10,11,12). The van der Waals surface area contributed by atoms with E-state index in [-0.39, 0.29) is 5.75 Å². The van der Waals surface area contributed by atoms with E-state index in [0.717, 1.165) is 6.08 Å². The molecular weight excluding hydrogens is 192 g/mol. The Morgan fingerprint density at radius 3 is 2.38 bits per heavy atom. The molecule has 2 N–H and O–H groups in total. The largest absolute Gasteiger partial charge is 0.507 e. The number of phenolic OH excluding ortho intramolecular Hbond substituents is 1. The van der Waals surface area contributed by atoms with Crippen molar-refractivity contribution in [2.24, 2.45) is 0 Å². The Balaban J connectivity index is 3.00. The molecule has 0 spiro atoms. The molecule has 70 valence electrons. The van der Waals surface area contributed by atoms with Crippen molar-refractivity contribution < 1.29 is 18.1 Å². The zero-order valence-corrected chi connectivity index (χ0v) is 7.40. The molecule has 0 aliphatic carbocycles. The molecule has 0 bridgehead atoms. The summed E-state index contributed by atoms with van der Waals surface area (Å²) in [6.07, 6.45) is 1.12. The number of para-hydroxylation sites is 1. The highest BCUT2D eigenvalue weighted by Gasteiger charge is 1.98. The SMILES string of the molecule is O=S(=O)(O)C=Cc1ccccc1O. The first kappa shape index (κ1) is 9.76. The van der Waals surface area contributed by atoms with Crippen LogP contribution in [0.3, 0.4) is 0 Å². The normalized spacial score (nSPS) is 12.1. The summed E-state index contributed by atoms with van der Waals surface area (Å²) in [6, 6.07) is 6.20. The van der Waals surface area contributed by atoms with Crippen LogP contribution in [0.2, 0.25) is 0 Å². The monoisotopic (exact) mass is 200 g/mol. The maximum atomic E-state index is 10.3. The number of rotatable bonds is 2. The molecule has 1 rings (SSSR count). The van der Waals surface area contributed by atoms with Crippen molar-refractivity contribution in [3.63, 3.8) is 0 Å². The average Bonchev–Trinajstić information content (AvgIpc) is 2.01. The zero-order valence-electron chi connectivity index (χ0n) is 6.58. The Morgan fingerprint density at radius 1 is 1.23 bits per heavy atom. The van der Waals surface area contributed by atoms with E-state index in [0.29, 0.717) is 11.0 Å². The molecule has 1 aromatic rings. The molecule has 0 fully saturated rings. The topological polar surface area (TPSA) is 74.6 Å². The highest BCUT2D eigenvalue weighted by Crippen LogP contribution is 2.17. The van der Waals surface area contributed by atoms with Crippen LogP contribution in [0.5, 0.6) is 5.75 Å². The predicted molar refractivity (Wildman–Crippen MR) is 48.7 cm³/mol. The van der Waals surface area contributed by atoms with Gasteiger partial charge in [-0.1, -0.05) is 18.2 Å². The van der Waals surface area contributed by atoms with Crippen LogP contribution in [0, 0.1) is 0 Å². The summed E-state index contributed by atoms with van der Waals surface area (Å²) in [5.74, 6) is -0.0394. The second kappa shape index (κ2) is 3.59. The summed E-state index contributed by atoms with van der Waals surface area (Å²) >= 11 is 0. The first-order valence-corrected chi connectivity index (χ1v) is 4.93. The molecule has 0 saturated heterocycles. The summed E-state index contributed by atoms with van der Waals surface area (Å²) in [7, 11) is -4.13. The number of aromatic hydroxyl groups is 1. The summed E-state index contributed by atoms with van der Waals surface area (Å²) in [6.45, 7) is 0. The van der Waals surface area contributed by atoms with Crippen molar-refractivity contribution in [3.05, 3.63) is 35.2 Å². The maximum Gasteiger partial charge on any atom is 0.287 e. The highest BCUT2D eigenvalue weighted by atomic mass is 32.2. The summed E-state index contributed by atoms with van der Waals surface area (Å²) < 4.78 is 29.0. The van der Waals surface area contributed by atoms with Crippen molar-refractivity contribution >= 4 is 16.2 Å². The summed E-state index contributed by atoms with van der Waals surface area (Å²) in [5.41, 5.74) is 0.333. The lowest BCUT2D eigenvalue weighted by molar-refractivity contribution is 0.474. The van der Waals surface area contributed by atoms with Gasteiger partial charge >= 0.3 is 0 Å². The smallest absolute Gasteiger partial charge is 0.287 e. The van der Waals surface area contributed by atoms with E-state index < -0.39 is 10.1 Å². The average molecular weight is 200 g/mol. The van der Waals surface area contributed by atoms with Crippen LogP contribution < -0.4 is 0 Å². The van der Waals surface area contributed by atoms with Gasteiger partial charge in [-0.25, -0.2) is 0 Å². The molecule has 0 saturated carbocycles. The zero-order chi connectivity index (χ0) is 9.90. The van der Waals surface area contributed by atoms with E-state index in [2.05, 4.69) is 0 Å². The Kier molecular flexibility index (Phi) is 2.69. The molecule has 0 atom stereocenters. The Morgan fingerprint density at radius 2 is 1.85 bits per heavy atom. The molecule has 0 amide bonds. The molecule has 13 heavy (non-hydrogen) atoms. The number of hydrogen-bond acceptors (Lipinski definition) is 3. The third kappa shape index (κ3) is 3.27. The van der Waals surface area contributed by atoms with Crippen LogP contribution in [0.15, 0.2) is 29.7 Å². The maximum absolute atomic E-state index is 10.3. The fourth-order valence-corrected chi connectivity index (χ4v) is 1.11. The lowest BCUT2D eigenvalue weighted by Gasteiger charge is -1.95. The van der Waals surface area contributed by atoms with Crippen LogP contribution in [0.4, 0.5) is 0 Å². The molecule has 0 aliphatic rings. The third-order valence-corrected chi connectivity index (χ3v) is 1.84. The van der Waals surface area contributed by atoms with Crippen molar-refractivity contribution in [3.8, 4) is 5.75 Å². The molecule has 0 radical (unpaired) electrons. The van der Waals surface area contributed by atoms with Crippen LogP contribution in [-0.2, 0) is 10.1 Å². The first-order valence-electron chi connectivity index (χ1n) is 3.42. The molecule has 0 unspecified atom stereocenters. The molecule has 4 nitrogen and oxygen atoms in total. The highest BCUT2D eigenvalue weighted by molar-refractivity contribution is 7.88. The fourth-order valence-electron chi connectivity index (χ4n) is 0.788. The second-order valence-electron chi connectivity index (χ2n) is 2.38. The lowest BCUT2D eigenvalue weighted by Crippen LogP contribution is -1.88. The molecule has 1 aromatic carbocycles. The van der Waals surface area contributed by atoms with E-state index in [9.17, 15) is 13.5 Å². The van der Waals surface area contributed by atoms with Crippen LogP contribution in [0.25, 0.3) is 6.08 Å². The minimum Gasteiger partial charge on any atom is -0.507 e. The van der Waals surface area contributed by atoms with E-state index in [1.807, 2.05) is 0 Å². The first-order chi connectivity index (χ1) is 5.99. The van der Waals surface area contributed by atoms with Gasteiger partial charge in [0.1, 0.15) is 5.75 Å². The minimum absolute atomic E-state index is 0.0394.